The fourth-order valence-corrected chi connectivity index (χ4v) is 6.37. The van der Waals surface area contributed by atoms with E-state index in [4.69, 9.17) is 9.47 Å². The van der Waals surface area contributed by atoms with Crippen LogP contribution in [0.1, 0.15) is 65.0 Å². The number of aromatic hydroxyl groups is 3. The van der Waals surface area contributed by atoms with E-state index in [0.717, 1.165) is 32.2 Å². The summed E-state index contributed by atoms with van der Waals surface area (Å²) in [5.41, 5.74) is -7.04. The van der Waals surface area contributed by atoms with Crippen LogP contribution in [-0.4, -0.2) is 97.0 Å². The normalized spacial score (nSPS) is 23.8. The lowest BCUT2D eigenvalue weighted by atomic mass is 9.67. The van der Waals surface area contributed by atoms with E-state index in [1.165, 1.54) is 20.1 Å². The quantitative estimate of drug-likeness (QED) is 0.171. The second-order valence-electron chi connectivity index (χ2n) is 11.3. The zero-order valence-corrected chi connectivity index (χ0v) is 24.1. The van der Waals surface area contributed by atoms with Crippen molar-refractivity contribution < 1.29 is 64.4 Å². The largest absolute Gasteiger partial charge is 0.508 e. The zero-order valence-electron chi connectivity index (χ0n) is 24.1. The first-order valence-electron chi connectivity index (χ1n) is 13.5. The van der Waals surface area contributed by atoms with Crippen molar-refractivity contribution in [1.29, 1.82) is 0 Å². The second kappa shape index (κ2) is 9.71. The lowest BCUT2D eigenvalue weighted by Crippen LogP contribution is -2.61. The number of benzene rings is 3. The summed E-state index contributed by atoms with van der Waals surface area (Å²) >= 11 is 0. The first-order valence-corrected chi connectivity index (χ1v) is 13.5. The minimum atomic E-state index is -2.50. The Labute approximate surface area is 253 Å². The molecule has 0 saturated carbocycles. The van der Waals surface area contributed by atoms with Crippen LogP contribution >= 0.6 is 0 Å². The van der Waals surface area contributed by atoms with Gasteiger partial charge in [-0.05, 0) is 31.5 Å². The molecule has 0 radical (unpaired) electrons. The molecule has 0 aliphatic heterocycles. The van der Waals surface area contributed by atoms with Crippen LogP contribution in [0.15, 0.2) is 35.4 Å². The second-order valence-corrected chi connectivity index (χ2v) is 11.3. The number of fused-ring (bicyclic) bond motifs is 3. The first kappa shape index (κ1) is 30.0. The summed E-state index contributed by atoms with van der Waals surface area (Å²) in [6, 6.07) is 4.31. The highest BCUT2D eigenvalue weighted by molar-refractivity contribution is 6.35. The van der Waals surface area contributed by atoms with E-state index in [2.05, 4.69) is 0 Å². The molecule has 13 nitrogen and oxygen atoms in total. The number of carbonyl (C=O) groups is 4. The molecule has 4 atom stereocenters. The Balaban J connectivity index is 1.75. The number of methoxy groups -OCH3 is 2. The van der Waals surface area contributed by atoms with Crippen LogP contribution in [0.4, 0.5) is 0 Å². The Morgan fingerprint density at radius 2 is 1.07 bits per heavy atom. The SMILES string of the molecule is COc1cc(O)c2c(c1-c1c(OC)cc(O)c3c1C(=O)c1cc(C)c(O)cc1C3=O)C(=O)C1=C(C2=O)[C@@H](O)[C@@H](O)[C@@](C)(O)[C@@H]1O. The molecule has 3 aromatic rings. The lowest BCUT2D eigenvalue weighted by molar-refractivity contribution is -0.158. The number of aliphatic hydroxyl groups excluding tert-OH is 3. The molecule has 13 heteroatoms. The van der Waals surface area contributed by atoms with Gasteiger partial charge in [0.15, 0.2) is 23.1 Å². The highest BCUT2D eigenvalue weighted by atomic mass is 16.5. The molecule has 3 aliphatic carbocycles. The molecule has 0 heterocycles. The molecule has 7 N–H and O–H groups in total. The van der Waals surface area contributed by atoms with Crippen molar-refractivity contribution in [3.8, 4) is 39.9 Å². The molecule has 0 saturated heterocycles. The highest BCUT2D eigenvalue weighted by Gasteiger charge is 2.56. The number of phenolic OH excluding ortho intramolecular Hbond substituents is 3. The molecule has 0 amide bonds. The molecule has 0 fully saturated rings. The van der Waals surface area contributed by atoms with Crippen LogP contribution in [0.25, 0.3) is 11.1 Å². The lowest BCUT2D eigenvalue weighted by Gasteiger charge is -2.44. The summed E-state index contributed by atoms with van der Waals surface area (Å²) in [6.07, 6.45) is -6.43. The van der Waals surface area contributed by atoms with Gasteiger partial charge in [-0.25, -0.2) is 0 Å². The average molecular weight is 619 g/mol. The number of ether oxygens (including phenoxy) is 2. The third kappa shape index (κ3) is 3.75. The van der Waals surface area contributed by atoms with Crippen molar-refractivity contribution in [2.75, 3.05) is 14.2 Å². The van der Waals surface area contributed by atoms with Gasteiger partial charge in [-0.15, -0.1) is 0 Å². The van der Waals surface area contributed by atoms with Crippen LogP contribution in [0, 0.1) is 6.92 Å². The summed E-state index contributed by atoms with van der Waals surface area (Å²) in [6.45, 7) is 2.45. The third-order valence-electron chi connectivity index (χ3n) is 8.76. The smallest absolute Gasteiger partial charge is 0.198 e. The Morgan fingerprint density at radius 3 is 1.60 bits per heavy atom. The molecule has 0 bridgehead atoms. The molecule has 0 aromatic heterocycles. The van der Waals surface area contributed by atoms with Gasteiger partial charge in [0.05, 0.1) is 25.3 Å². The van der Waals surface area contributed by atoms with Crippen molar-refractivity contribution in [3.05, 3.63) is 74.4 Å². The van der Waals surface area contributed by atoms with Gasteiger partial charge in [0, 0.05) is 56.7 Å². The molecule has 3 aromatic carbocycles. The molecule has 45 heavy (non-hydrogen) atoms. The van der Waals surface area contributed by atoms with Gasteiger partial charge >= 0.3 is 0 Å². The predicted molar refractivity (Wildman–Crippen MR) is 152 cm³/mol. The van der Waals surface area contributed by atoms with Crippen LogP contribution < -0.4 is 9.47 Å². The van der Waals surface area contributed by atoms with E-state index < -0.39 is 91.9 Å². The number of ketones is 4. The topological polar surface area (TPSA) is 228 Å². The summed E-state index contributed by atoms with van der Waals surface area (Å²) in [5, 5.41) is 75.3. The monoisotopic (exact) mass is 618 g/mol. The summed E-state index contributed by atoms with van der Waals surface area (Å²) in [7, 11) is 2.32. The minimum absolute atomic E-state index is 0.147. The van der Waals surface area contributed by atoms with Gasteiger partial charge in [-0.1, -0.05) is 0 Å². The maximum atomic E-state index is 14.3. The Hall–Kier alpha value is -5.08. The first-order chi connectivity index (χ1) is 21.1. The van der Waals surface area contributed by atoms with Gasteiger partial charge in [0.1, 0.15) is 52.7 Å². The van der Waals surface area contributed by atoms with Gasteiger partial charge in [-0.2, -0.15) is 0 Å². The summed E-state index contributed by atoms with van der Waals surface area (Å²) in [5.74, 6) is -6.34. The molecular formula is C32H26O13. The van der Waals surface area contributed by atoms with E-state index in [-0.39, 0.29) is 45.1 Å². The number of hydrogen-bond acceptors (Lipinski definition) is 13. The van der Waals surface area contributed by atoms with E-state index in [1.54, 1.807) is 0 Å². The van der Waals surface area contributed by atoms with Gasteiger partial charge in [0.25, 0.3) is 0 Å². The fraction of sp³-hybridized carbons (Fsp3) is 0.250. The fourth-order valence-electron chi connectivity index (χ4n) is 6.37. The predicted octanol–water partition coefficient (Wildman–Crippen LogP) is 1.09. The Kier molecular flexibility index (Phi) is 6.47. The van der Waals surface area contributed by atoms with Crippen LogP contribution in [-0.2, 0) is 0 Å². The van der Waals surface area contributed by atoms with Crippen molar-refractivity contribution in [3.63, 3.8) is 0 Å². The Bertz CT molecular complexity index is 1970. The van der Waals surface area contributed by atoms with Crippen molar-refractivity contribution >= 4 is 23.1 Å². The van der Waals surface area contributed by atoms with E-state index >= 15 is 0 Å². The van der Waals surface area contributed by atoms with Gasteiger partial charge < -0.3 is 45.2 Å². The number of rotatable bonds is 3. The number of aliphatic hydroxyl groups is 4. The number of carbonyl (C=O) groups excluding carboxylic acids is 4. The summed E-state index contributed by atoms with van der Waals surface area (Å²) < 4.78 is 11.0. The van der Waals surface area contributed by atoms with E-state index in [1.807, 2.05) is 0 Å². The molecule has 6 rings (SSSR count). The summed E-state index contributed by atoms with van der Waals surface area (Å²) in [4.78, 5) is 56.1. The minimum Gasteiger partial charge on any atom is -0.508 e. The number of hydrogen-bond donors (Lipinski definition) is 7. The third-order valence-corrected chi connectivity index (χ3v) is 8.76. The molecule has 3 aliphatic rings. The zero-order chi connectivity index (χ0) is 33.0. The van der Waals surface area contributed by atoms with E-state index in [0.29, 0.717) is 0 Å². The molecule has 0 spiro atoms. The van der Waals surface area contributed by atoms with Crippen LogP contribution in [0.3, 0.4) is 0 Å². The maximum Gasteiger partial charge on any atom is 0.198 e. The highest BCUT2D eigenvalue weighted by Crippen LogP contribution is 2.53. The maximum absolute atomic E-state index is 14.3. The van der Waals surface area contributed by atoms with Crippen molar-refractivity contribution in [2.45, 2.75) is 37.8 Å². The van der Waals surface area contributed by atoms with Crippen molar-refractivity contribution in [1.82, 2.24) is 0 Å². The number of aryl methyl sites for hydroxylation is 1. The van der Waals surface area contributed by atoms with Crippen molar-refractivity contribution in [2.24, 2.45) is 0 Å². The average Bonchev–Trinajstić information content (AvgIpc) is 2.99. The van der Waals surface area contributed by atoms with Crippen LogP contribution in [0.2, 0.25) is 0 Å². The Morgan fingerprint density at radius 1 is 0.622 bits per heavy atom. The van der Waals surface area contributed by atoms with Crippen LogP contribution in [0.5, 0.6) is 28.7 Å². The molecular weight excluding hydrogens is 592 g/mol. The van der Waals surface area contributed by atoms with Gasteiger partial charge in [-0.3, -0.25) is 19.2 Å². The molecule has 0 unspecified atom stereocenters. The van der Waals surface area contributed by atoms with E-state index in [9.17, 15) is 54.9 Å². The van der Waals surface area contributed by atoms with Gasteiger partial charge in [0.2, 0.25) is 0 Å². The number of Topliss-reactive ketones (excluding diaryl/α,β-unsaturated/α-hetero) is 2. The standard InChI is InChI=1S/C32H26O13/c1-9-5-10-11(6-12(9)33)25(36)17-13(34)7-15(44-3)19(21(17)26(10)37)20-16(45-4)8-14(35)18-22(20)28(39)24-23(27(18)38)29(40)31(42)32(2,43)30(24)41/h5-8,29-31,33-35,40-43H,1-4H3/t29-,30-,31-,32+/m1/s1. The number of phenols is 3. The molecule has 232 valence electrons.